The van der Waals surface area contributed by atoms with E-state index in [-0.39, 0.29) is 29.0 Å². The molecule has 2 heterocycles. The van der Waals surface area contributed by atoms with Crippen LogP contribution in [0.3, 0.4) is 0 Å². The van der Waals surface area contributed by atoms with Crippen LogP contribution in [0.4, 0.5) is 4.39 Å². The van der Waals surface area contributed by atoms with E-state index in [1.165, 1.54) is 18.5 Å². The van der Waals surface area contributed by atoms with E-state index in [1.807, 2.05) is 26.0 Å². The van der Waals surface area contributed by atoms with Gasteiger partial charge in [-0.25, -0.2) is 17.8 Å². The van der Waals surface area contributed by atoms with E-state index in [2.05, 4.69) is 4.99 Å². The minimum atomic E-state index is -3.72. The highest BCUT2D eigenvalue weighted by Gasteiger charge is 2.43. The molecule has 1 fully saturated rings. The summed E-state index contributed by atoms with van der Waals surface area (Å²) < 4.78 is 42.4. The average molecular weight is 432 g/mol. The van der Waals surface area contributed by atoms with Crippen LogP contribution in [0.25, 0.3) is 0 Å². The lowest BCUT2D eigenvalue weighted by Crippen LogP contribution is -2.40. The molecule has 6 nitrogen and oxygen atoms in total. The number of sulfonamides is 1. The van der Waals surface area contributed by atoms with Crippen LogP contribution in [-0.4, -0.2) is 42.9 Å². The van der Waals surface area contributed by atoms with Gasteiger partial charge in [0.15, 0.2) is 6.40 Å². The summed E-state index contributed by atoms with van der Waals surface area (Å²) in [6, 6.07) is 12.6. The molecule has 1 saturated heterocycles. The highest BCUT2D eigenvalue weighted by atomic mass is 32.2. The van der Waals surface area contributed by atoms with Crippen LogP contribution in [0.15, 0.2) is 58.4 Å². The lowest BCUT2D eigenvalue weighted by atomic mass is 10.1. The maximum absolute atomic E-state index is 13.6. The number of nitrogens with zero attached hydrogens (tertiary/aromatic N) is 3. The molecule has 0 N–H and O–H groups in total. The highest BCUT2D eigenvalue weighted by Crippen LogP contribution is 2.41. The van der Waals surface area contributed by atoms with Gasteiger partial charge >= 0.3 is 0 Å². The van der Waals surface area contributed by atoms with Crippen molar-refractivity contribution in [2.45, 2.75) is 56.3 Å². The average Bonchev–Trinajstić information content (AvgIpc) is 3.33. The molecular weight excluding hydrogens is 405 g/mol. The molecule has 8 heteroatoms. The van der Waals surface area contributed by atoms with Gasteiger partial charge in [0.05, 0.1) is 10.9 Å². The third-order valence-electron chi connectivity index (χ3n) is 5.85. The van der Waals surface area contributed by atoms with E-state index in [0.29, 0.717) is 19.4 Å². The largest absolute Gasteiger partial charge is 0.392 e. The molecule has 2 aromatic rings. The molecule has 0 bridgehead atoms. The smallest absolute Gasteiger partial charge is 0.243 e. The highest BCUT2D eigenvalue weighted by molar-refractivity contribution is 7.89. The third kappa shape index (κ3) is 4.12. The second-order valence-corrected chi connectivity index (χ2v) is 9.71. The number of benzene rings is 2. The van der Waals surface area contributed by atoms with Crippen molar-refractivity contribution in [2.75, 3.05) is 6.54 Å². The Morgan fingerprint density at radius 2 is 1.80 bits per heavy atom. The molecule has 2 aliphatic heterocycles. The first-order chi connectivity index (χ1) is 14.4. The summed E-state index contributed by atoms with van der Waals surface area (Å²) in [6.07, 6.45) is 3.38. The Morgan fingerprint density at radius 1 is 1.10 bits per heavy atom. The van der Waals surface area contributed by atoms with Crippen molar-refractivity contribution in [3.8, 4) is 0 Å². The molecule has 0 radical (unpaired) electrons. The minimum Gasteiger partial charge on any atom is -0.392 e. The van der Waals surface area contributed by atoms with E-state index in [0.717, 1.165) is 17.5 Å². The van der Waals surface area contributed by atoms with E-state index < -0.39 is 10.0 Å². The Balaban J connectivity index is 1.64. The van der Waals surface area contributed by atoms with Crippen molar-refractivity contribution in [2.24, 2.45) is 4.99 Å². The molecule has 0 amide bonds. The van der Waals surface area contributed by atoms with Gasteiger partial charge in [0, 0.05) is 12.6 Å². The van der Waals surface area contributed by atoms with Crippen LogP contribution in [-0.2, 0) is 14.9 Å². The zero-order valence-corrected chi connectivity index (χ0v) is 17.9. The van der Waals surface area contributed by atoms with Gasteiger partial charge in [0.2, 0.25) is 10.0 Å². The van der Waals surface area contributed by atoms with E-state index in [4.69, 9.17) is 4.84 Å². The van der Waals surface area contributed by atoms with Crippen molar-refractivity contribution in [3.63, 3.8) is 0 Å². The van der Waals surface area contributed by atoms with Crippen molar-refractivity contribution in [1.29, 1.82) is 0 Å². The molecule has 160 valence electrons. The third-order valence-corrected chi connectivity index (χ3v) is 7.83. The fourth-order valence-electron chi connectivity index (χ4n) is 4.18. The van der Waals surface area contributed by atoms with Crippen LogP contribution in [0.1, 0.15) is 43.4 Å². The Hall–Kier alpha value is -2.29. The monoisotopic (exact) mass is 431 g/mol. The van der Waals surface area contributed by atoms with Crippen molar-refractivity contribution in [3.05, 3.63) is 65.5 Å². The maximum atomic E-state index is 13.6. The van der Waals surface area contributed by atoms with Crippen LogP contribution < -0.4 is 0 Å². The van der Waals surface area contributed by atoms with Crippen molar-refractivity contribution in [1.82, 2.24) is 9.37 Å². The summed E-state index contributed by atoms with van der Waals surface area (Å²) >= 11 is 0. The zero-order chi connectivity index (χ0) is 21.3. The molecule has 3 unspecified atom stereocenters. The normalized spacial score (nSPS) is 25.0. The molecule has 2 aromatic carbocycles. The number of hydrogen-bond acceptors (Lipinski definition) is 5. The van der Waals surface area contributed by atoms with Crippen molar-refractivity contribution >= 4 is 16.4 Å². The summed E-state index contributed by atoms with van der Waals surface area (Å²) in [5, 5.41) is 1.75. The first kappa shape index (κ1) is 21.0. The first-order valence-corrected chi connectivity index (χ1v) is 11.6. The van der Waals surface area contributed by atoms with Gasteiger partial charge < -0.3 is 4.84 Å². The predicted octanol–water partition coefficient (Wildman–Crippen LogP) is 4.04. The van der Waals surface area contributed by atoms with Crippen LogP contribution >= 0.6 is 0 Å². The number of hydrogen-bond donors (Lipinski definition) is 0. The van der Waals surface area contributed by atoms with Gasteiger partial charge in [-0.3, -0.25) is 0 Å². The molecule has 0 aromatic heterocycles. The maximum Gasteiger partial charge on any atom is 0.243 e. The Morgan fingerprint density at radius 3 is 2.43 bits per heavy atom. The van der Waals surface area contributed by atoms with Gasteiger partial charge in [0.25, 0.3) is 0 Å². The van der Waals surface area contributed by atoms with Crippen molar-refractivity contribution < 1.29 is 17.6 Å². The molecule has 30 heavy (non-hydrogen) atoms. The van der Waals surface area contributed by atoms with Crippen LogP contribution in [0.5, 0.6) is 0 Å². The molecule has 0 saturated carbocycles. The fraction of sp³-hybridized carbons (Fsp3) is 0.409. The second kappa shape index (κ2) is 8.45. The number of halogens is 1. The van der Waals surface area contributed by atoms with E-state index in [1.54, 1.807) is 33.6 Å². The lowest BCUT2D eigenvalue weighted by molar-refractivity contribution is -0.0762. The molecule has 0 aliphatic carbocycles. The molecule has 3 atom stereocenters. The summed E-state index contributed by atoms with van der Waals surface area (Å²) in [5.41, 5.74) is 1.81. The molecular formula is C22H26FN3O3S. The summed E-state index contributed by atoms with van der Waals surface area (Å²) in [7, 11) is -3.72. The van der Waals surface area contributed by atoms with Gasteiger partial charge in [0.1, 0.15) is 12.0 Å². The lowest BCUT2D eigenvalue weighted by Gasteiger charge is -2.31. The number of aliphatic imine (C=N–C) groups is 1. The number of hydroxylamine groups is 2. The van der Waals surface area contributed by atoms with Crippen LogP contribution in [0.2, 0.25) is 0 Å². The Kier molecular flexibility index (Phi) is 5.90. The topological polar surface area (TPSA) is 62.2 Å². The van der Waals surface area contributed by atoms with Gasteiger partial charge in [-0.05, 0) is 62.9 Å². The SMILES string of the molecule is Cc1ccc(S(=O)(=O)N2C(CCN3OC=NC3C)CCC2c2ccc(F)cc2)cc1. The molecule has 2 aliphatic rings. The Bertz CT molecular complexity index is 1010. The predicted molar refractivity (Wildman–Crippen MR) is 113 cm³/mol. The van der Waals surface area contributed by atoms with Gasteiger partial charge in [-0.2, -0.15) is 4.31 Å². The van der Waals surface area contributed by atoms with Crippen LogP contribution in [0, 0.1) is 12.7 Å². The summed E-state index contributed by atoms with van der Waals surface area (Å²) in [5.74, 6) is -0.332. The standard InChI is InChI=1S/C22H26FN3O3S/c1-16-3-10-21(11-4-16)30(27,28)26-20(13-14-25-17(2)24-15-29-25)9-12-22(26)18-5-7-19(23)8-6-18/h3-8,10-11,15,17,20,22H,9,12-14H2,1-2H3. The fourth-order valence-corrected chi connectivity index (χ4v) is 6.07. The molecule has 4 rings (SSSR count). The quantitative estimate of drug-likeness (QED) is 0.693. The minimum absolute atomic E-state index is 0.0820. The van der Waals surface area contributed by atoms with Gasteiger partial charge in [-0.1, -0.05) is 29.8 Å². The molecule has 0 spiro atoms. The van der Waals surface area contributed by atoms with E-state index in [9.17, 15) is 12.8 Å². The second-order valence-electron chi connectivity index (χ2n) is 7.87. The Labute approximate surface area is 177 Å². The summed E-state index contributed by atoms with van der Waals surface area (Å²) in [4.78, 5) is 9.85. The number of aryl methyl sites for hydroxylation is 1. The van der Waals surface area contributed by atoms with E-state index >= 15 is 0 Å². The zero-order valence-electron chi connectivity index (χ0n) is 17.1. The summed E-state index contributed by atoms with van der Waals surface area (Å²) in [6.45, 7) is 4.43. The number of rotatable bonds is 6. The van der Waals surface area contributed by atoms with Gasteiger partial charge in [-0.15, -0.1) is 5.06 Å². The first-order valence-electron chi connectivity index (χ1n) is 10.2.